The van der Waals surface area contributed by atoms with Gasteiger partial charge in [0.05, 0.1) is 22.9 Å². The molecular formula is C24H26N4O2. The van der Waals surface area contributed by atoms with E-state index in [2.05, 4.69) is 28.7 Å². The molecular weight excluding hydrogens is 376 g/mol. The van der Waals surface area contributed by atoms with Crippen LogP contribution in [0.5, 0.6) is 0 Å². The minimum atomic E-state index is -0.472. The van der Waals surface area contributed by atoms with Crippen molar-refractivity contribution < 1.29 is 9.59 Å². The normalized spacial score (nSPS) is 15.8. The molecule has 2 heterocycles. The van der Waals surface area contributed by atoms with Gasteiger partial charge in [-0.2, -0.15) is 0 Å². The van der Waals surface area contributed by atoms with Crippen molar-refractivity contribution in [3.63, 3.8) is 0 Å². The highest BCUT2D eigenvalue weighted by molar-refractivity contribution is 6.09. The smallest absolute Gasteiger partial charge is 0.221 e. The van der Waals surface area contributed by atoms with Crippen molar-refractivity contribution in [2.45, 2.75) is 33.2 Å². The number of nitrogens with one attached hydrogen (secondary N) is 1. The van der Waals surface area contributed by atoms with Gasteiger partial charge in [-0.25, -0.2) is 0 Å². The van der Waals surface area contributed by atoms with Gasteiger partial charge in [0.1, 0.15) is 0 Å². The van der Waals surface area contributed by atoms with Gasteiger partial charge in [0.15, 0.2) is 5.78 Å². The van der Waals surface area contributed by atoms with Crippen molar-refractivity contribution in [3.05, 3.63) is 66.1 Å². The Hall–Kier alpha value is -3.41. The highest BCUT2D eigenvalue weighted by atomic mass is 16.1. The van der Waals surface area contributed by atoms with Crippen LogP contribution in [0.1, 0.15) is 36.3 Å². The molecule has 1 amide bonds. The van der Waals surface area contributed by atoms with Crippen LogP contribution < -0.4 is 11.1 Å². The fourth-order valence-electron chi connectivity index (χ4n) is 4.18. The number of primary amides is 1. The van der Waals surface area contributed by atoms with Gasteiger partial charge < -0.3 is 15.6 Å². The van der Waals surface area contributed by atoms with Gasteiger partial charge in [-0.1, -0.05) is 32.0 Å². The van der Waals surface area contributed by atoms with E-state index in [1.165, 1.54) is 0 Å². The molecule has 0 spiro atoms. The minimum Gasteiger partial charge on any atom is -0.369 e. The molecule has 3 aromatic rings. The predicted octanol–water partition coefficient (Wildman–Crippen LogP) is 4.18. The topological polar surface area (TPSA) is 90.0 Å². The number of fused-ring (bicyclic) bond motifs is 1. The SMILES string of the molecule is CC(C)Cn1c2c(c(Nc3ccccc3)c1-c1ccncc1)C(=O)CC(C(N)=O)C2. The van der Waals surface area contributed by atoms with Gasteiger partial charge in [0, 0.05) is 48.7 Å². The number of benzene rings is 1. The summed E-state index contributed by atoms with van der Waals surface area (Å²) in [6, 6.07) is 13.7. The third-order valence-electron chi connectivity index (χ3n) is 5.47. The molecule has 4 rings (SSSR count). The van der Waals surface area contributed by atoms with Crippen LogP contribution in [0.3, 0.4) is 0 Å². The molecule has 0 saturated carbocycles. The molecule has 0 radical (unpaired) electrons. The molecule has 6 nitrogen and oxygen atoms in total. The number of nitrogens with zero attached hydrogens (tertiary/aromatic N) is 2. The Morgan fingerprint density at radius 3 is 2.50 bits per heavy atom. The van der Waals surface area contributed by atoms with E-state index in [1.807, 2.05) is 42.5 Å². The number of nitrogens with two attached hydrogens (primary N) is 1. The van der Waals surface area contributed by atoms with E-state index in [1.54, 1.807) is 12.4 Å². The number of Topliss-reactive ketones (excluding diaryl/α,β-unsaturated/α-hetero) is 1. The first-order chi connectivity index (χ1) is 14.5. The number of hydrogen-bond donors (Lipinski definition) is 2. The van der Waals surface area contributed by atoms with E-state index in [9.17, 15) is 9.59 Å². The van der Waals surface area contributed by atoms with Crippen LogP contribution >= 0.6 is 0 Å². The van der Waals surface area contributed by atoms with Crippen LogP contribution in [0, 0.1) is 11.8 Å². The van der Waals surface area contributed by atoms with Crippen LogP contribution in [-0.4, -0.2) is 21.2 Å². The maximum Gasteiger partial charge on any atom is 0.221 e. The second kappa shape index (κ2) is 8.14. The second-order valence-electron chi connectivity index (χ2n) is 8.21. The van der Waals surface area contributed by atoms with Crippen LogP contribution in [-0.2, 0) is 17.8 Å². The molecule has 6 heteroatoms. The van der Waals surface area contributed by atoms with Gasteiger partial charge >= 0.3 is 0 Å². The van der Waals surface area contributed by atoms with E-state index in [0.717, 1.165) is 34.9 Å². The van der Waals surface area contributed by atoms with Crippen molar-refractivity contribution in [1.82, 2.24) is 9.55 Å². The highest BCUT2D eigenvalue weighted by Crippen LogP contribution is 2.42. The van der Waals surface area contributed by atoms with E-state index in [-0.39, 0.29) is 12.2 Å². The number of amides is 1. The average Bonchev–Trinajstić information content (AvgIpc) is 3.02. The summed E-state index contributed by atoms with van der Waals surface area (Å²) < 4.78 is 2.19. The Morgan fingerprint density at radius 1 is 1.17 bits per heavy atom. The standard InChI is InChI=1S/C24H26N4O2/c1-15(2)14-28-19-12-17(24(25)30)13-20(29)21(19)22(27-18-6-4-3-5-7-18)23(28)16-8-10-26-11-9-16/h3-11,15,17,27H,12-14H2,1-2H3,(H2,25,30). The lowest BCUT2D eigenvalue weighted by Crippen LogP contribution is -2.32. The largest absolute Gasteiger partial charge is 0.369 e. The summed E-state index contributed by atoms with van der Waals surface area (Å²) in [5, 5.41) is 3.49. The number of carbonyl (C=O) groups is 2. The summed E-state index contributed by atoms with van der Waals surface area (Å²) in [6.45, 7) is 5.02. The van der Waals surface area contributed by atoms with Crippen molar-refractivity contribution in [2.75, 3.05) is 5.32 Å². The van der Waals surface area contributed by atoms with Gasteiger partial charge in [0.25, 0.3) is 0 Å². The summed E-state index contributed by atoms with van der Waals surface area (Å²) in [5.41, 5.74) is 10.8. The molecule has 0 aliphatic heterocycles. The minimum absolute atomic E-state index is 0.0451. The van der Waals surface area contributed by atoms with Crippen LogP contribution in [0.15, 0.2) is 54.9 Å². The Labute approximate surface area is 176 Å². The van der Waals surface area contributed by atoms with Crippen molar-refractivity contribution in [1.29, 1.82) is 0 Å². The first-order valence-electron chi connectivity index (χ1n) is 10.3. The Kier molecular flexibility index (Phi) is 5.40. The summed E-state index contributed by atoms with van der Waals surface area (Å²) in [5.74, 6) is -0.581. The molecule has 1 aliphatic carbocycles. The quantitative estimate of drug-likeness (QED) is 0.647. The molecule has 1 aromatic carbocycles. The zero-order valence-electron chi connectivity index (χ0n) is 17.3. The molecule has 1 aliphatic rings. The van der Waals surface area contributed by atoms with E-state index in [4.69, 9.17) is 5.73 Å². The summed E-state index contributed by atoms with van der Waals surface area (Å²) in [4.78, 5) is 29.3. The zero-order chi connectivity index (χ0) is 21.3. The maximum absolute atomic E-state index is 13.2. The molecule has 1 unspecified atom stereocenters. The van der Waals surface area contributed by atoms with Crippen molar-refractivity contribution in [2.24, 2.45) is 17.6 Å². The van der Waals surface area contributed by atoms with E-state index >= 15 is 0 Å². The first kappa shape index (κ1) is 19.9. The predicted molar refractivity (Wildman–Crippen MR) is 118 cm³/mol. The van der Waals surface area contributed by atoms with Gasteiger partial charge in [-0.15, -0.1) is 0 Å². The number of ketones is 1. The molecule has 30 heavy (non-hydrogen) atoms. The lowest BCUT2D eigenvalue weighted by atomic mass is 9.85. The zero-order valence-corrected chi connectivity index (χ0v) is 17.3. The molecule has 2 aromatic heterocycles. The number of para-hydroxylation sites is 1. The van der Waals surface area contributed by atoms with Gasteiger partial charge in [0.2, 0.25) is 5.91 Å². The molecule has 3 N–H and O–H groups in total. The summed E-state index contributed by atoms with van der Waals surface area (Å²) >= 11 is 0. The molecule has 154 valence electrons. The lowest BCUT2D eigenvalue weighted by molar-refractivity contribution is -0.121. The highest BCUT2D eigenvalue weighted by Gasteiger charge is 2.36. The molecule has 0 fully saturated rings. The number of rotatable bonds is 6. The van der Waals surface area contributed by atoms with Gasteiger partial charge in [-0.3, -0.25) is 14.6 Å². The third-order valence-corrected chi connectivity index (χ3v) is 5.47. The average molecular weight is 402 g/mol. The molecule has 0 bridgehead atoms. The fourth-order valence-corrected chi connectivity index (χ4v) is 4.18. The summed E-state index contributed by atoms with van der Waals surface area (Å²) in [6.07, 6.45) is 4.12. The number of hydrogen-bond acceptors (Lipinski definition) is 4. The van der Waals surface area contributed by atoms with E-state index in [0.29, 0.717) is 17.9 Å². The van der Waals surface area contributed by atoms with Crippen molar-refractivity contribution >= 4 is 23.1 Å². The van der Waals surface area contributed by atoms with Crippen LogP contribution in [0.2, 0.25) is 0 Å². The van der Waals surface area contributed by atoms with Crippen LogP contribution in [0.4, 0.5) is 11.4 Å². The number of aromatic nitrogens is 2. The Bertz CT molecular complexity index is 1070. The maximum atomic E-state index is 13.2. The number of pyridine rings is 1. The fraction of sp³-hybridized carbons (Fsp3) is 0.292. The first-order valence-corrected chi connectivity index (χ1v) is 10.3. The Morgan fingerprint density at radius 2 is 1.87 bits per heavy atom. The summed E-state index contributed by atoms with van der Waals surface area (Å²) in [7, 11) is 0. The Balaban J connectivity index is 1.97. The van der Waals surface area contributed by atoms with Gasteiger partial charge in [-0.05, 0) is 30.2 Å². The molecule has 0 saturated heterocycles. The number of anilines is 2. The lowest BCUT2D eigenvalue weighted by Gasteiger charge is -2.22. The van der Waals surface area contributed by atoms with Crippen molar-refractivity contribution in [3.8, 4) is 11.3 Å². The number of carbonyl (C=O) groups excluding carboxylic acids is 2. The molecule has 1 atom stereocenters. The second-order valence-corrected chi connectivity index (χ2v) is 8.21. The van der Waals surface area contributed by atoms with E-state index < -0.39 is 11.8 Å². The third kappa shape index (κ3) is 3.73. The van der Waals surface area contributed by atoms with Crippen LogP contribution in [0.25, 0.3) is 11.3 Å². The monoisotopic (exact) mass is 402 g/mol.